The molecule has 1 atom stereocenters. The van der Waals surface area contributed by atoms with Crippen molar-refractivity contribution in [2.75, 3.05) is 20.0 Å². The number of unbranched alkanes of at least 4 members (excludes halogenated alkanes) is 2. The van der Waals surface area contributed by atoms with E-state index in [0.717, 1.165) is 30.4 Å². The summed E-state index contributed by atoms with van der Waals surface area (Å²) in [7, 11) is 0. The van der Waals surface area contributed by atoms with E-state index in [-0.39, 0.29) is 30.4 Å². The Hall–Kier alpha value is -4.46. The third-order valence-corrected chi connectivity index (χ3v) is 7.25. The molecule has 0 N–H and O–H groups in total. The van der Waals surface area contributed by atoms with Crippen molar-refractivity contribution in [3.05, 3.63) is 93.3 Å². The molecule has 40 heavy (non-hydrogen) atoms. The monoisotopic (exact) mass is 541 g/mol. The second-order valence-electron chi connectivity index (χ2n) is 9.89. The van der Waals surface area contributed by atoms with Gasteiger partial charge in [0.15, 0.2) is 28.4 Å². The smallest absolute Gasteiger partial charge is 0.291 e. The van der Waals surface area contributed by atoms with Crippen molar-refractivity contribution in [3.8, 4) is 23.0 Å². The molecule has 206 valence electrons. The van der Waals surface area contributed by atoms with Crippen LogP contribution in [0.15, 0.2) is 69.9 Å². The zero-order valence-electron chi connectivity index (χ0n) is 22.6. The fourth-order valence-corrected chi connectivity index (χ4v) is 5.33. The maximum atomic E-state index is 13.9. The van der Waals surface area contributed by atoms with Crippen LogP contribution in [0.3, 0.4) is 0 Å². The lowest BCUT2D eigenvalue weighted by Crippen LogP contribution is -2.29. The summed E-state index contributed by atoms with van der Waals surface area (Å²) in [6, 6.07) is 17.5. The van der Waals surface area contributed by atoms with E-state index < -0.39 is 6.04 Å². The molecule has 1 amide bonds. The molecule has 3 heterocycles. The summed E-state index contributed by atoms with van der Waals surface area (Å²) in [6.45, 7) is 5.49. The highest BCUT2D eigenvalue weighted by atomic mass is 16.7. The van der Waals surface area contributed by atoms with Gasteiger partial charge in [0.1, 0.15) is 5.58 Å². The topological polar surface area (TPSA) is 87.4 Å². The molecular formula is C32H31NO7. The molecule has 8 nitrogen and oxygen atoms in total. The second kappa shape index (κ2) is 11.0. The number of hydrogen-bond donors (Lipinski definition) is 0. The highest BCUT2D eigenvalue weighted by Crippen LogP contribution is 2.42. The zero-order chi connectivity index (χ0) is 27.6. The van der Waals surface area contributed by atoms with E-state index in [1.54, 1.807) is 29.2 Å². The minimum absolute atomic E-state index is 0.0623. The fraction of sp³-hybridized carbons (Fsp3) is 0.312. The van der Waals surface area contributed by atoms with Gasteiger partial charge in [0, 0.05) is 6.54 Å². The van der Waals surface area contributed by atoms with Crippen LogP contribution in [0.25, 0.3) is 11.0 Å². The lowest BCUT2D eigenvalue weighted by molar-refractivity contribution is 0.0714. The van der Waals surface area contributed by atoms with Crippen LogP contribution >= 0.6 is 0 Å². The summed E-state index contributed by atoms with van der Waals surface area (Å²) in [5, 5.41) is 0.435. The molecule has 0 bridgehead atoms. The predicted molar refractivity (Wildman–Crippen MR) is 149 cm³/mol. The highest BCUT2D eigenvalue weighted by molar-refractivity contribution is 5.99. The van der Waals surface area contributed by atoms with Crippen LogP contribution in [0.5, 0.6) is 23.0 Å². The number of nitrogens with zero attached hydrogens (tertiary/aromatic N) is 1. The van der Waals surface area contributed by atoms with Crippen LogP contribution in [0, 0.1) is 0 Å². The number of rotatable bonds is 10. The van der Waals surface area contributed by atoms with Crippen molar-refractivity contribution < 1.29 is 28.2 Å². The van der Waals surface area contributed by atoms with E-state index in [2.05, 4.69) is 6.92 Å². The number of carbonyl (C=O) groups excluding carboxylic acids is 1. The molecule has 1 unspecified atom stereocenters. The van der Waals surface area contributed by atoms with Crippen molar-refractivity contribution >= 4 is 16.9 Å². The standard InChI is InChI=1S/C32H31NO7/c1-3-5-8-15-37-24-14-12-21(17-27(24)36-4-2)29-28-30(34)22-9-6-7-10-23(22)40-31(28)32(35)33(29)18-20-11-13-25-26(16-20)39-19-38-25/h6-7,9-14,16-17,29H,3-5,8,15,18-19H2,1-2H3. The van der Waals surface area contributed by atoms with E-state index in [9.17, 15) is 9.59 Å². The molecule has 0 saturated carbocycles. The van der Waals surface area contributed by atoms with Gasteiger partial charge in [0.25, 0.3) is 5.91 Å². The Bertz CT molecular complexity index is 1630. The van der Waals surface area contributed by atoms with Gasteiger partial charge in [0.05, 0.1) is 30.2 Å². The summed E-state index contributed by atoms with van der Waals surface area (Å²) in [6.07, 6.45) is 3.14. The molecule has 0 fully saturated rings. The number of amides is 1. The summed E-state index contributed by atoms with van der Waals surface area (Å²) in [4.78, 5) is 29.4. The van der Waals surface area contributed by atoms with Crippen LogP contribution in [0.1, 0.15) is 66.4 Å². The summed E-state index contributed by atoms with van der Waals surface area (Å²) in [5.74, 6) is 2.21. The van der Waals surface area contributed by atoms with Crippen LogP contribution < -0.4 is 24.4 Å². The Labute approximate surface area is 232 Å². The predicted octanol–water partition coefficient (Wildman–Crippen LogP) is 6.23. The van der Waals surface area contributed by atoms with E-state index in [0.29, 0.717) is 52.7 Å². The summed E-state index contributed by atoms with van der Waals surface area (Å²) in [5.41, 5.74) is 2.06. The first-order valence-electron chi connectivity index (χ1n) is 13.7. The average Bonchev–Trinajstić information content (AvgIpc) is 3.54. The minimum atomic E-state index is -0.679. The maximum absolute atomic E-state index is 13.9. The third-order valence-electron chi connectivity index (χ3n) is 7.25. The minimum Gasteiger partial charge on any atom is -0.490 e. The van der Waals surface area contributed by atoms with E-state index >= 15 is 0 Å². The molecule has 2 aliphatic rings. The van der Waals surface area contributed by atoms with Crippen LogP contribution in [-0.2, 0) is 6.54 Å². The van der Waals surface area contributed by atoms with Crippen LogP contribution in [-0.4, -0.2) is 30.8 Å². The molecule has 1 aromatic heterocycles. The number of para-hydroxylation sites is 1. The highest BCUT2D eigenvalue weighted by Gasteiger charge is 2.43. The molecule has 6 rings (SSSR count). The van der Waals surface area contributed by atoms with Crippen molar-refractivity contribution in [3.63, 3.8) is 0 Å². The quantitative estimate of drug-likeness (QED) is 0.220. The Morgan fingerprint density at radius 2 is 1.75 bits per heavy atom. The van der Waals surface area contributed by atoms with Gasteiger partial charge in [-0.1, -0.05) is 44.0 Å². The normalized spacial score (nSPS) is 15.5. The summed E-state index contributed by atoms with van der Waals surface area (Å²) < 4.78 is 29.1. The van der Waals surface area contributed by atoms with Gasteiger partial charge in [-0.15, -0.1) is 0 Å². The fourth-order valence-electron chi connectivity index (χ4n) is 5.33. The van der Waals surface area contributed by atoms with E-state index in [1.165, 1.54) is 0 Å². The van der Waals surface area contributed by atoms with Crippen molar-refractivity contribution in [1.82, 2.24) is 4.90 Å². The molecule has 4 aromatic rings. The Balaban J connectivity index is 1.44. The van der Waals surface area contributed by atoms with Gasteiger partial charge in [-0.3, -0.25) is 9.59 Å². The number of fused-ring (bicyclic) bond motifs is 3. The van der Waals surface area contributed by atoms with Crippen molar-refractivity contribution in [1.29, 1.82) is 0 Å². The maximum Gasteiger partial charge on any atom is 0.291 e. The van der Waals surface area contributed by atoms with Gasteiger partial charge in [-0.05, 0) is 60.9 Å². The lowest BCUT2D eigenvalue weighted by Gasteiger charge is -2.26. The van der Waals surface area contributed by atoms with Crippen LogP contribution in [0.4, 0.5) is 0 Å². The largest absolute Gasteiger partial charge is 0.490 e. The van der Waals surface area contributed by atoms with E-state index in [4.69, 9.17) is 23.4 Å². The number of benzene rings is 3. The first-order chi connectivity index (χ1) is 19.6. The molecule has 0 aliphatic carbocycles. The Morgan fingerprint density at radius 3 is 2.60 bits per heavy atom. The number of hydrogen-bond acceptors (Lipinski definition) is 7. The first-order valence-corrected chi connectivity index (χ1v) is 13.7. The Kier molecular flexibility index (Phi) is 7.07. The lowest BCUT2D eigenvalue weighted by atomic mass is 9.97. The first kappa shape index (κ1) is 25.8. The van der Waals surface area contributed by atoms with Gasteiger partial charge < -0.3 is 28.3 Å². The molecule has 8 heteroatoms. The van der Waals surface area contributed by atoms with E-state index in [1.807, 2.05) is 43.3 Å². The molecular weight excluding hydrogens is 510 g/mol. The summed E-state index contributed by atoms with van der Waals surface area (Å²) >= 11 is 0. The average molecular weight is 542 g/mol. The molecule has 0 radical (unpaired) electrons. The molecule has 2 aliphatic heterocycles. The van der Waals surface area contributed by atoms with Gasteiger partial charge >= 0.3 is 0 Å². The SMILES string of the molecule is CCCCCOc1ccc(C2c3c(oc4ccccc4c3=O)C(=O)N2Cc2ccc3c(c2)OCO3)cc1OCC. The number of ether oxygens (including phenoxy) is 4. The second-order valence-corrected chi connectivity index (χ2v) is 9.89. The molecule has 0 spiro atoms. The van der Waals surface area contributed by atoms with Gasteiger partial charge in [-0.2, -0.15) is 0 Å². The van der Waals surface area contributed by atoms with Crippen molar-refractivity contribution in [2.24, 2.45) is 0 Å². The number of carbonyl (C=O) groups is 1. The van der Waals surface area contributed by atoms with Gasteiger partial charge in [-0.25, -0.2) is 0 Å². The van der Waals surface area contributed by atoms with Gasteiger partial charge in [0.2, 0.25) is 12.6 Å². The van der Waals surface area contributed by atoms with Crippen molar-refractivity contribution in [2.45, 2.75) is 45.7 Å². The zero-order valence-corrected chi connectivity index (χ0v) is 22.6. The Morgan fingerprint density at radius 1 is 0.900 bits per heavy atom. The third kappa shape index (κ3) is 4.63. The van der Waals surface area contributed by atoms with Crippen LogP contribution in [0.2, 0.25) is 0 Å². The molecule has 3 aromatic carbocycles. The molecule has 0 saturated heterocycles.